The predicted octanol–water partition coefficient (Wildman–Crippen LogP) is 4.18. The maximum atomic E-state index is 12.5. The highest BCUT2D eigenvalue weighted by Crippen LogP contribution is 2.36. The molecule has 0 saturated heterocycles. The topological polar surface area (TPSA) is 50.8 Å². The van der Waals surface area contributed by atoms with Crippen molar-refractivity contribution in [2.45, 2.75) is 13.0 Å². The number of nitrogens with zero attached hydrogens (tertiary/aromatic N) is 1. The molecule has 150 valence electrons. The van der Waals surface area contributed by atoms with Crippen LogP contribution in [0.15, 0.2) is 48.5 Å². The lowest BCUT2D eigenvalue weighted by molar-refractivity contribution is -0.117. The largest absolute Gasteiger partial charge is 0.493 e. The molecule has 2 rings (SSSR count). The second-order valence-electron chi connectivity index (χ2n) is 6.53. The molecule has 6 heteroatoms. The van der Waals surface area contributed by atoms with Crippen molar-refractivity contribution in [1.82, 2.24) is 10.2 Å². The molecule has 0 aliphatic heterocycles. The number of halogens is 1. The van der Waals surface area contributed by atoms with E-state index in [-0.39, 0.29) is 11.9 Å². The summed E-state index contributed by atoms with van der Waals surface area (Å²) >= 11 is 6.28. The molecule has 0 spiro atoms. The van der Waals surface area contributed by atoms with E-state index in [4.69, 9.17) is 21.1 Å². The highest BCUT2D eigenvalue weighted by Gasteiger charge is 2.14. The zero-order valence-electron chi connectivity index (χ0n) is 16.7. The first-order valence-corrected chi connectivity index (χ1v) is 9.51. The second kappa shape index (κ2) is 10.7. The molecule has 1 amide bonds. The van der Waals surface area contributed by atoms with Crippen LogP contribution in [0.5, 0.6) is 11.5 Å². The first kappa shape index (κ1) is 21.8. The molecule has 0 aliphatic rings. The third-order valence-electron chi connectivity index (χ3n) is 4.03. The second-order valence-corrected chi connectivity index (χ2v) is 6.94. The van der Waals surface area contributed by atoms with Gasteiger partial charge < -0.3 is 19.7 Å². The average molecular weight is 403 g/mol. The van der Waals surface area contributed by atoms with Crippen molar-refractivity contribution in [2.75, 3.05) is 34.4 Å². The van der Waals surface area contributed by atoms with Crippen LogP contribution in [0.25, 0.3) is 6.08 Å². The number of likely N-dealkylation sites (N-methyl/N-ethyl adjacent to an activating group) is 1. The van der Waals surface area contributed by atoms with Crippen molar-refractivity contribution in [1.29, 1.82) is 0 Å². The van der Waals surface area contributed by atoms with Crippen molar-refractivity contribution < 1.29 is 14.3 Å². The van der Waals surface area contributed by atoms with Crippen molar-refractivity contribution in [2.24, 2.45) is 0 Å². The van der Waals surface area contributed by atoms with E-state index in [2.05, 4.69) is 5.32 Å². The van der Waals surface area contributed by atoms with Crippen molar-refractivity contribution >= 4 is 23.6 Å². The fraction of sp³-hybridized carbons (Fsp3) is 0.318. The van der Waals surface area contributed by atoms with Crippen LogP contribution in [-0.4, -0.2) is 45.2 Å². The molecule has 0 fully saturated rings. The Hall–Kier alpha value is -2.50. The Morgan fingerprint density at radius 2 is 1.96 bits per heavy atom. The molecule has 0 saturated carbocycles. The normalized spacial score (nSPS) is 12.2. The number of carbonyl (C=O) groups excluding carboxylic acids is 1. The van der Waals surface area contributed by atoms with E-state index in [1.807, 2.05) is 56.3 Å². The van der Waals surface area contributed by atoms with E-state index in [9.17, 15) is 4.79 Å². The van der Waals surface area contributed by atoms with Crippen LogP contribution >= 0.6 is 11.6 Å². The van der Waals surface area contributed by atoms with Crippen LogP contribution in [0.2, 0.25) is 5.02 Å². The Bertz CT molecular complexity index is 807. The van der Waals surface area contributed by atoms with Crippen molar-refractivity contribution in [3.8, 4) is 11.5 Å². The fourth-order valence-corrected chi connectivity index (χ4v) is 3.07. The summed E-state index contributed by atoms with van der Waals surface area (Å²) in [5, 5.41) is 3.49. The molecule has 5 nitrogen and oxygen atoms in total. The predicted molar refractivity (Wildman–Crippen MR) is 114 cm³/mol. The molecular weight excluding hydrogens is 376 g/mol. The van der Waals surface area contributed by atoms with Crippen LogP contribution in [0, 0.1) is 0 Å². The van der Waals surface area contributed by atoms with Crippen LogP contribution in [-0.2, 0) is 4.79 Å². The highest BCUT2D eigenvalue weighted by atomic mass is 35.5. The molecule has 0 aromatic heterocycles. The van der Waals surface area contributed by atoms with Crippen LogP contribution < -0.4 is 14.8 Å². The first-order valence-electron chi connectivity index (χ1n) is 9.13. The fourth-order valence-electron chi connectivity index (χ4n) is 2.80. The minimum absolute atomic E-state index is 0.105. The van der Waals surface area contributed by atoms with Gasteiger partial charge in [-0.25, -0.2) is 0 Å². The summed E-state index contributed by atoms with van der Waals surface area (Å²) in [6.45, 7) is 3.07. The zero-order chi connectivity index (χ0) is 20.5. The molecule has 0 radical (unpaired) electrons. The Morgan fingerprint density at radius 1 is 1.25 bits per heavy atom. The molecule has 1 atom stereocenters. The van der Waals surface area contributed by atoms with Gasteiger partial charge in [-0.1, -0.05) is 41.9 Å². The summed E-state index contributed by atoms with van der Waals surface area (Å²) in [4.78, 5) is 14.5. The molecule has 0 heterocycles. The molecular formula is C22H27ClN2O3. The minimum atomic E-state index is -0.181. The summed E-state index contributed by atoms with van der Waals surface area (Å²) in [6.07, 6.45) is 3.20. The smallest absolute Gasteiger partial charge is 0.244 e. The Balaban J connectivity index is 2.14. The quantitative estimate of drug-likeness (QED) is 0.639. The van der Waals surface area contributed by atoms with E-state index < -0.39 is 0 Å². The highest BCUT2D eigenvalue weighted by molar-refractivity contribution is 6.32. The van der Waals surface area contributed by atoms with E-state index in [1.165, 1.54) is 6.08 Å². The van der Waals surface area contributed by atoms with E-state index in [1.54, 1.807) is 25.3 Å². The van der Waals surface area contributed by atoms with Crippen LogP contribution in [0.1, 0.15) is 24.1 Å². The summed E-state index contributed by atoms with van der Waals surface area (Å²) in [6, 6.07) is 13.3. The molecule has 28 heavy (non-hydrogen) atoms. The molecule has 0 unspecified atom stereocenters. The average Bonchev–Trinajstić information content (AvgIpc) is 2.68. The summed E-state index contributed by atoms with van der Waals surface area (Å²) in [5.74, 6) is 0.854. The van der Waals surface area contributed by atoms with Crippen molar-refractivity contribution in [3.63, 3.8) is 0 Å². The third kappa shape index (κ3) is 6.29. The Kier molecular flexibility index (Phi) is 8.36. The monoisotopic (exact) mass is 402 g/mol. The molecule has 0 bridgehead atoms. The van der Waals surface area contributed by atoms with E-state index in [0.717, 1.165) is 11.1 Å². The lowest BCUT2D eigenvalue weighted by Gasteiger charge is -2.22. The van der Waals surface area contributed by atoms with Crippen LogP contribution in [0.4, 0.5) is 0 Å². The number of methoxy groups -OCH3 is 1. The van der Waals surface area contributed by atoms with Gasteiger partial charge >= 0.3 is 0 Å². The number of hydrogen-bond donors (Lipinski definition) is 1. The number of benzene rings is 2. The van der Waals surface area contributed by atoms with Gasteiger partial charge in [-0.3, -0.25) is 4.79 Å². The van der Waals surface area contributed by atoms with Gasteiger partial charge in [0.05, 0.1) is 24.8 Å². The summed E-state index contributed by atoms with van der Waals surface area (Å²) in [7, 11) is 5.51. The summed E-state index contributed by atoms with van der Waals surface area (Å²) < 4.78 is 10.9. The minimum Gasteiger partial charge on any atom is -0.493 e. The van der Waals surface area contributed by atoms with Gasteiger partial charge in [0.2, 0.25) is 5.91 Å². The molecule has 0 aliphatic carbocycles. The molecule has 1 N–H and O–H groups in total. The van der Waals surface area contributed by atoms with E-state index >= 15 is 0 Å². The van der Waals surface area contributed by atoms with E-state index in [0.29, 0.717) is 29.7 Å². The van der Waals surface area contributed by atoms with Gasteiger partial charge in [-0.05, 0) is 50.4 Å². The number of nitrogens with one attached hydrogen (secondary N) is 1. The zero-order valence-corrected chi connectivity index (χ0v) is 17.5. The first-order chi connectivity index (χ1) is 13.4. The van der Waals surface area contributed by atoms with Crippen molar-refractivity contribution in [3.05, 3.63) is 64.7 Å². The number of amides is 1. The molecule has 2 aromatic rings. The van der Waals surface area contributed by atoms with Gasteiger partial charge in [0.25, 0.3) is 0 Å². The summed E-state index contributed by atoms with van der Waals surface area (Å²) in [5.41, 5.74) is 1.81. The Morgan fingerprint density at radius 3 is 2.57 bits per heavy atom. The standard InChI is InChI=1S/C22H27ClN2O3/c1-5-28-22-18(23)13-16(14-20(22)27-4)11-12-21(26)24-19(15-25(2)3)17-9-7-6-8-10-17/h6-14,19H,5,15H2,1-4H3,(H,24,26)/b12-11+/t19-/m1/s1. The van der Waals surface area contributed by atoms with Gasteiger partial charge in [0.15, 0.2) is 11.5 Å². The number of rotatable bonds is 9. The lowest BCUT2D eigenvalue weighted by atomic mass is 10.1. The lowest BCUT2D eigenvalue weighted by Crippen LogP contribution is -2.34. The number of hydrogen-bond acceptors (Lipinski definition) is 4. The molecule has 2 aromatic carbocycles. The number of carbonyl (C=O) groups is 1. The number of ether oxygens (including phenoxy) is 2. The van der Waals surface area contributed by atoms with Gasteiger partial charge in [-0.2, -0.15) is 0 Å². The van der Waals surface area contributed by atoms with Crippen LogP contribution in [0.3, 0.4) is 0 Å². The van der Waals surface area contributed by atoms with Gasteiger partial charge in [0.1, 0.15) is 0 Å². The maximum Gasteiger partial charge on any atom is 0.244 e. The van der Waals surface area contributed by atoms with Gasteiger partial charge in [-0.15, -0.1) is 0 Å². The Labute approximate surface area is 171 Å². The SMILES string of the molecule is CCOc1c(Cl)cc(/C=C/C(=O)N[C@H](CN(C)C)c2ccccc2)cc1OC. The maximum absolute atomic E-state index is 12.5. The van der Waals surface area contributed by atoms with Gasteiger partial charge in [0, 0.05) is 12.6 Å². The third-order valence-corrected chi connectivity index (χ3v) is 4.31.